The van der Waals surface area contributed by atoms with Crippen molar-refractivity contribution in [3.8, 4) is 0 Å². The van der Waals surface area contributed by atoms with Gasteiger partial charge in [-0.05, 0) is 12.3 Å². The number of aromatic nitrogens is 2. The SMILES string of the molecule is CCCCC(CC)CNC(=NC)NCc1noc(C)n1.I. The summed E-state index contributed by atoms with van der Waals surface area (Å²) >= 11 is 0. The average molecular weight is 409 g/mol. The molecule has 0 amide bonds. The normalized spacial score (nSPS) is 12.7. The maximum atomic E-state index is 4.93. The third-order valence-corrected chi connectivity index (χ3v) is 3.31. The van der Waals surface area contributed by atoms with E-state index in [0.717, 1.165) is 12.5 Å². The highest BCUT2D eigenvalue weighted by Crippen LogP contribution is 2.10. The standard InChI is InChI=1S/C14H27N5O.HI/c1-5-7-8-12(6-2)9-16-14(15-4)17-10-13-18-11(3)20-19-13;/h12H,5-10H2,1-4H3,(H2,15,16,17);1H. The summed E-state index contributed by atoms with van der Waals surface area (Å²) in [6.07, 6.45) is 4.99. The van der Waals surface area contributed by atoms with E-state index < -0.39 is 0 Å². The summed E-state index contributed by atoms with van der Waals surface area (Å²) in [5, 5.41) is 10.4. The van der Waals surface area contributed by atoms with Gasteiger partial charge in [-0.3, -0.25) is 4.99 Å². The van der Waals surface area contributed by atoms with Crippen LogP contribution in [0.3, 0.4) is 0 Å². The number of nitrogens with zero attached hydrogens (tertiary/aromatic N) is 3. The molecule has 0 saturated heterocycles. The zero-order chi connectivity index (χ0) is 14.8. The van der Waals surface area contributed by atoms with Crippen LogP contribution < -0.4 is 10.6 Å². The molecule has 0 spiro atoms. The fourth-order valence-corrected chi connectivity index (χ4v) is 1.98. The first kappa shape index (κ1) is 20.1. The van der Waals surface area contributed by atoms with Gasteiger partial charge in [0.1, 0.15) is 0 Å². The Morgan fingerprint density at radius 1 is 1.33 bits per heavy atom. The lowest BCUT2D eigenvalue weighted by atomic mass is 9.99. The Hall–Kier alpha value is -0.860. The van der Waals surface area contributed by atoms with Gasteiger partial charge in [0.05, 0.1) is 6.54 Å². The van der Waals surface area contributed by atoms with Crippen LogP contribution in [0, 0.1) is 12.8 Å². The highest BCUT2D eigenvalue weighted by molar-refractivity contribution is 14.0. The Labute approximate surface area is 144 Å². The smallest absolute Gasteiger partial charge is 0.223 e. The first-order valence-corrected chi connectivity index (χ1v) is 7.43. The quantitative estimate of drug-likeness (QED) is 0.392. The number of guanidine groups is 1. The number of hydrogen-bond donors (Lipinski definition) is 2. The fourth-order valence-electron chi connectivity index (χ4n) is 1.98. The van der Waals surface area contributed by atoms with Crippen LogP contribution in [0.2, 0.25) is 0 Å². The van der Waals surface area contributed by atoms with E-state index in [1.165, 1.54) is 25.7 Å². The summed E-state index contributed by atoms with van der Waals surface area (Å²) in [4.78, 5) is 8.35. The van der Waals surface area contributed by atoms with Crippen molar-refractivity contribution >= 4 is 29.9 Å². The highest BCUT2D eigenvalue weighted by atomic mass is 127. The first-order chi connectivity index (χ1) is 9.69. The molecule has 0 aromatic carbocycles. The third-order valence-electron chi connectivity index (χ3n) is 3.31. The van der Waals surface area contributed by atoms with E-state index in [2.05, 4.69) is 39.6 Å². The van der Waals surface area contributed by atoms with Gasteiger partial charge in [0, 0.05) is 20.5 Å². The molecule has 1 aromatic heterocycles. The van der Waals surface area contributed by atoms with Crippen molar-refractivity contribution in [1.29, 1.82) is 0 Å². The molecule has 1 aromatic rings. The molecule has 0 aliphatic rings. The van der Waals surface area contributed by atoms with Gasteiger partial charge < -0.3 is 15.2 Å². The summed E-state index contributed by atoms with van der Waals surface area (Å²) in [6.45, 7) is 7.71. The molecule has 0 aliphatic heterocycles. The fraction of sp³-hybridized carbons (Fsp3) is 0.786. The number of aliphatic imine (C=N–C) groups is 1. The lowest BCUT2D eigenvalue weighted by Crippen LogP contribution is -2.39. The van der Waals surface area contributed by atoms with Crippen LogP contribution in [0.1, 0.15) is 51.2 Å². The van der Waals surface area contributed by atoms with Crippen molar-refractivity contribution in [3.63, 3.8) is 0 Å². The monoisotopic (exact) mass is 409 g/mol. The molecule has 6 nitrogen and oxygen atoms in total. The number of halogens is 1. The minimum absolute atomic E-state index is 0. The van der Waals surface area contributed by atoms with Crippen LogP contribution >= 0.6 is 24.0 Å². The van der Waals surface area contributed by atoms with Gasteiger partial charge >= 0.3 is 0 Å². The molecule has 7 heteroatoms. The van der Waals surface area contributed by atoms with Crippen molar-refractivity contribution in [1.82, 2.24) is 20.8 Å². The van der Waals surface area contributed by atoms with Gasteiger partial charge in [0.2, 0.25) is 5.89 Å². The number of nitrogens with one attached hydrogen (secondary N) is 2. The van der Waals surface area contributed by atoms with E-state index in [9.17, 15) is 0 Å². The Kier molecular flexibility index (Phi) is 11.3. The molecule has 0 aliphatic carbocycles. The maximum Gasteiger partial charge on any atom is 0.223 e. The van der Waals surface area contributed by atoms with Crippen LogP contribution in [0.5, 0.6) is 0 Å². The molecule has 21 heavy (non-hydrogen) atoms. The summed E-state index contributed by atoms with van der Waals surface area (Å²) in [5.74, 6) is 2.70. The van der Waals surface area contributed by atoms with E-state index in [1.54, 1.807) is 14.0 Å². The molecule has 0 fully saturated rings. The number of aryl methyl sites for hydroxylation is 1. The number of unbranched alkanes of at least 4 members (excludes halogenated alkanes) is 1. The lowest BCUT2D eigenvalue weighted by molar-refractivity contribution is 0.386. The molecule has 1 heterocycles. The zero-order valence-corrected chi connectivity index (χ0v) is 15.8. The van der Waals surface area contributed by atoms with Crippen molar-refractivity contribution in [2.75, 3.05) is 13.6 Å². The minimum Gasteiger partial charge on any atom is -0.356 e. The number of rotatable bonds is 8. The van der Waals surface area contributed by atoms with Crippen molar-refractivity contribution in [3.05, 3.63) is 11.7 Å². The lowest BCUT2D eigenvalue weighted by Gasteiger charge is -2.17. The predicted octanol–water partition coefficient (Wildman–Crippen LogP) is 2.88. The summed E-state index contributed by atoms with van der Waals surface area (Å²) in [7, 11) is 1.77. The van der Waals surface area contributed by atoms with E-state index in [4.69, 9.17) is 4.52 Å². The Bertz CT molecular complexity index is 408. The molecule has 2 N–H and O–H groups in total. The molecule has 0 radical (unpaired) electrons. The van der Waals surface area contributed by atoms with Gasteiger partial charge in [0.25, 0.3) is 0 Å². The molecule has 0 bridgehead atoms. The molecule has 122 valence electrons. The van der Waals surface area contributed by atoms with Crippen molar-refractivity contribution < 1.29 is 4.52 Å². The first-order valence-electron chi connectivity index (χ1n) is 7.43. The Morgan fingerprint density at radius 3 is 2.62 bits per heavy atom. The van der Waals surface area contributed by atoms with E-state index >= 15 is 0 Å². The molecule has 1 unspecified atom stereocenters. The van der Waals surface area contributed by atoms with Crippen LogP contribution in [0.25, 0.3) is 0 Å². The maximum absolute atomic E-state index is 4.93. The molecule has 1 rings (SSSR count). The topological polar surface area (TPSA) is 75.3 Å². The highest BCUT2D eigenvalue weighted by Gasteiger charge is 2.08. The van der Waals surface area contributed by atoms with Crippen molar-refractivity contribution in [2.45, 2.75) is 53.0 Å². The van der Waals surface area contributed by atoms with Gasteiger partial charge in [0.15, 0.2) is 11.8 Å². The van der Waals surface area contributed by atoms with E-state index in [1.807, 2.05) is 0 Å². The van der Waals surface area contributed by atoms with Gasteiger partial charge in [-0.2, -0.15) is 4.98 Å². The van der Waals surface area contributed by atoms with Crippen LogP contribution in [-0.2, 0) is 6.54 Å². The van der Waals surface area contributed by atoms with Crippen LogP contribution in [0.4, 0.5) is 0 Å². The molecular weight excluding hydrogens is 381 g/mol. The Morgan fingerprint density at radius 2 is 2.10 bits per heavy atom. The summed E-state index contributed by atoms with van der Waals surface area (Å²) in [5.41, 5.74) is 0. The molecule has 0 saturated carbocycles. The molecular formula is C14H28IN5O. The second-order valence-corrected chi connectivity index (χ2v) is 4.95. The second kappa shape index (κ2) is 11.8. The van der Waals surface area contributed by atoms with Gasteiger partial charge in [-0.25, -0.2) is 0 Å². The van der Waals surface area contributed by atoms with Gasteiger partial charge in [-0.15, -0.1) is 24.0 Å². The number of hydrogen-bond acceptors (Lipinski definition) is 4. The zero-order valence-electron chi connectivity index (χ0n) is 13.5. The van der Waals surface area contributed by atoms with Gasteiger partial charge in [-0.1, -0.05) is 38.3 Å². The van der Waals surface area contributed by atoms with Crippen LogP contribution in [0.15, 0.2) is 9.52 Å². The largest absolute Gasteiger partial charge is 0.356 e. The summed E-state index contributed by atoms with van der Waals surface area (Å²) in [6, 6.07) is 0. The van der Waals surface area contributed by atoms with Crippen molar-refractivity contribution in [2.24, 2.45) is 10.9 Å². The minimum atomic E-state index is 0. The van der Waals surface area contributed by atoms with E-state index in [0.29, 0.717) is 24.2 Å². The van der Waals surface area contributed by atoms with Crippen LogP contribution in [-0.4, -0.2) is 29.7 Å². The predicted molar refractivity (Wildman–Crippen MR) is 96.0 cm³/mol. The van der Waals surface area contributed by atoms with E-state index in [-0.39, 0.29) is 24.0 Å². The molecule has 1 atom stereocenters. The second-order valence-electron chi connectivity index (χ2n) is 4.95. The average Bonchev–Trinajstić information content (AvgIpc) is 2.87. The third kappa shape index (κ3) is 8.23. The Balaban J connectivity index is 0.00000400. The summed E-state index contributed by atoms with van der Waals surface area (Å²) < 4.78 is 4.93.